The van der Waals surface area contributed by atoms with Crippen LogP contribution in [0.3, 0.4) is 0 Å². The molecule has 1 atom stereocenters. The molecule has 0 saturated carbocycles. The van der Waals surface area contributed by atoms with E-state index < -0.39 is 0 Å². The summed E-state index contributed by atoms with van der Waals surface area (Å²) in [6.07, 6.45) is 2.23. The quantitative estimate of drug-likeness (QED) is 0.819. The van der Waals surface area contributed by atoms with Gasteiger partial charge < -0.3 is 19.3 Å². The fourth-order valence-corrected chi connectivity index (χ4v) is 2.22. The van der Waals surface area contributed by atoms with Crippen molar-refractivity contribution in [1.29, 1.82) is 0 Å². The maximum Gasteiger partial charge on any atom is 0.263 e. The van der Waals surface area contributed by atoms with Gasteiger partial charge in [-0.05, 0) is 31.4 Å². The summed E-state index contributed by atoms with van der Waals surface area (Å²) in [7, 11) is 0. The lowest BCUT2D eigenvalue weighted by Crippen LogP contribution is -2.40. The van der Waals surface area contributed by atoms with Crippen LogP contribution in [0.2, 0.25) is 0 Å². The van der Waals surface area contributed by atoms with E-state index >= 15 is 0 Å². The predicted molar refractivity (Wildman–Crippen MR) is 81.1 cm³/mol. The lowest BCUT2D eigenvalue weighted by molar-refractivity contribution is -0.121. The SMILES string of the molecule is Cc1oc(-c2ccco2)nc1CC(=O)NC(CCO)C(C)C. The fraction of sp³-hybridized carbons (Fsp3) is 0.500. The van der Waals surface area contributed by atoms with Crippen LogP contribution in [0.5, 0.6) is 0 Å². The highest BCUT2D eigenvalue weighted by Gasteiger charge is 2.19. The summed E-state index contributed by atoms with van der Waals surface area (Å²) in [6, 6.07) is 3.46. The molecule has 0 aromatic carbocycles. The standard InChI is InChI=1S/C16H22N2O4/c1-10(2)12(6-7-19)17-15(20)9-13-11(3)22-16(18-13)14-5-4-8-21-14/h4-5,8,10,12,19H,6-7,9H2,1-3H3,(H,17,20). The zero-order chi connectivity index (χ0) is 16.1. The van der Waals surface area contributed by atoms with Crippen molar-refractivity contribution in [3.63, 3.8) is 0 Å². The molecular formula is C16H22N2O4. The van der Waals surface area contributed by atoms with Crippen LogP contribution in [0.15, 0.2) is 27.2 Å². The minimum atomic E-state index is -0.130. The average Bonchev–Trinajstić information content (AvgIpc) is 3.08. The van der Waals surface area contributed by atoms with Crippen LogP contribution in [0.1, 0.15) is 31.7 Å². The normalized spacial score (nSPS) is 12.6. The number of carbonyl (C=O) groups excluding carboxylic acids is 1. The number of rotatable bonds is 7. The Morgan fingerprint density at radius 2 is 2.23 bits per heavy atom. The molecule has 0 spiro atoms. The number of aliphatic hydroxyl groups excluding tert-OH is 1. The number of hydrogen-bond donors (Lipinski definition) is 2. The zero-order valence-corrected chi connectivity index (χ0v) is 13.1. The summed E-state index contributed by atoms with van der Waals surface area (Å²) in [5.74, 6) is 1.64. The maximum atomic E-state index is 12.2. The topological polar surface area (TPSA) is 88.5 Å². The van der Waals surface area contributed by atoms with Gasteiger partial charge in [0, 0.05) is 12.6 Å². The van der Waals surface area contributed by atoms with Gasteiger partial charge in [-0.2, -0.15) is 0 Å². The number of aliphatic hydroxyl groups is 1. The number of nitrogens with zero attached hydrogens (tertiary/aromatic N) is 1. The van der Waals surface area contributed by atoms with Gasteiger partial charge in [-0.25, -0.2) is 4.98 Å². The zero-order valence-electron chi connectivity index (χ0n) is 13.1. The second kappa shape index (κ2) is 7.26. The molecule has 1 unspecified atom stereocenters. The second-order valence-corrected chi connectivity index (χ2v) is 5.61. The molecule has 2 aromatic heterocycles. The van der Waals surface area contributed by atoms with Crippen molar-refractivity contribution >= 4 is 5.91 Å². The molecule has 0 aliphatic heterocycles. The first-order chi connectivity index (χ1) is 10.5. The summed E-state index contributed by atoms with van der Waals surface area (Å²) in [5.41, 5.74) is 0.593. The Morgan fingerprint density at radius 1 is 1.45 bits per heavy atom. The Bertz CT molecular complexity index is 602. The predicted octanol–water partition coefficient (Wildman–Crippen LogP) is 2.31. The number of furan rings is 1. The van der Waals surface area contributed by atoms with E-state index in [0.717, 1.165) is 0 Å². The van der Waals surface area contributed by atoms with E-state index in [1.54, 1.807) is 25.3 Å². The minimum absolute atomic E-state index is 0.0470. The second-order valence-electron chi connectivity index (χ2n) is 5.61. The molecular weight excluding hydrogens is 284 g/mol. The third-order valence-electron chi connectivity index (χ3n) is 3.54. The number of aryl methyl sites for hydroxylation is 1. The molecule has 0 radical (unpaired) electrons. The van der Waals surface area contributed by atoms with Crippen molar-refractivity contribution in [1.82, 2.24) is 10.3 Å². The van der Waals surface area contributed by atoms with Gasteiger partial charge in [-0.15, -0.1) is 0 Å². The van der Waals surface area contributed by atoms with E-state index in [-0.39, 0.29) is 30.9 Å². The van der Waals surface area contributed by atoms with Crippen LogP contribution in [0.4, 0.5) is 0 Å². The van der Waals surface area contributed by atoms with Gasteiger partial charge >= 0.3 is 0 Å². The third-order valence-corrected chi connectivity index (χ3v) is 3.54. The minimum Gasteiger partial charge on any atom is -0.459 e. The third kappa shape index (κ3) is 3.98. The molecule has 1 amide bonds. The fourth-order valence-electron chi connectivity index (χ4n) is 2.22. The molecule has 6 heteroatoms. The van der Waals surface area contributed by atoms with E-state index in [2.05, 4.69) is 10.3 Å². The maximum absolute atomic E-state index is 12.2. The van der Waals surface area contributed by atoms with Crippen LogP contribution in [-0.4, -0.2) is 28.6 Å². The van der Waals surface area contributed by atoms with Crippen molar-refractivity contribution in [2.45, 2.75) is 39.7 Å². The Hall–Kier alpha value is -2.08. The average molecular weight is 306 g/mol. The first-order valence-electron chi connectivity index (χ1n) is 7.41. The van der Waals surface area contributed by atoms with Crippen molar-refractivity contribution < 1.29 is 18.7 Å². The van der Waals surface area contributed by atoms with Crippen LogP contribution >= 0.6 is 0 Å². The van der Waals surface area contributed by atoms with E-state index in [4.69, 9.17) is 13.9 Å². The molecule has 0 aliphatic carbocycles. The molecule has 22 heavy (non-hydrogen) atoms. The van der Waals surface area contributed by atoms with Crippen LogP contribution in [0.25, 0.3) is 11.7 Å². The number of nitrogens with one attached hydrogen (secondary N) is 1. The summed E-state index contributed by atoms with van der Waals surface area (Å²) in [5, 5.41) is 12.0. The van der Waals surface area contributed by atoms with Crippen LogP contribution in [0, 0.1) is 12.8 Å². The molecule has 0 aliphatic rings. The molecule has 2 heterocycles. The number of amides is 1. The Kier molecular flexibility index (Phi) is 5.38. The molecule has 0 fully saturated rings. The molecule has 120 valence electrons. The smallest absolute Gasteiger partial charge is 0.263 e. The molecule has 0 saturated heterocycles. The van der Waals surface area contributed by atoms with Gasteiger partial charge in [0.15, 0.2) is 5.76 Å². The van der Waals surface area contributed by atoms with Gasteiger partial charge in [0.1, 0.15) is 5.76 Å². The molecule has 2 N–H and O–H groups in total. The van der Waals surface area contributed by atoms with Gasteiger partial charge in [-0.3, -0.25) is 4.79 Å². The highest BCUT2D eigenvalue weighted by Crippen LogP contribution is 2.22. The number of hydrogen-bond acceptors (Lipinski definition) is 5. The highest BCUT2D eigenvalue weighted by atomic mass is 16.4. The molecule has 6 nitrogen and oxygen atoms in total. The van der Waals surface area contributed by atoms with Crippen LogP contribution < -0.4 is 5.32 Å². The number of oxazole rings is 1. The Balaban J connectivity index is 2.02. The van der Waals surface area contributed by atoms with Crippen molar-refractivity contribution in [3.05, 3.63) is 29.9 Å². The Morgan fingerprint density at radius 3 is 2.82 bits per heavy atom. The lowest BCUT2D eigenvalue weighted by Gasteiger charge is -2.21. The summed E-state index contributed by atoms with van der Waals surface area (Å²) in [6.45, 7) is 5.85. The van der Waals surface area contributed by atoms with E-state index in [1.165, 1.54) is 0 Å². The first kappa shape index (κ1) is 16.3. The van der Waals surface area contributed by atoms with Crippen LogP contribution in [-0.2, 0) is 11.2 Å². The van der Waals surface area contributed by atoms with E-state index in [9.17, 15) is 4.79 Å². The summed E-state index contributed by atoms with van der Waals surface area (Å²) < 4.78 is 10.8. The molecule has 2 rings (SSSR count). The van der Waals surface area contributed by atoms with Gasteiger partial charge in [-0.1, -0.05) is 13.8 Å². The number of aromatic nitrogens is 1. The van der Waals surface area contributed by atoms with Gasteiger partial charge in [0.05, 0.1) is 18.4 Å². The molecule has 2 aromatic rings. The van der Waals surface area contributed by atoms with Crippen molar-refractivity contribution in [2.75, 3.05) is 6.61 Å². The van der Waals surface area contributed by atoms with Gasteiger partial charge in [0.2, 0.25) is 5.91 Å². The Labute approximate surface area is 129 Å². The summed E-state index contributed by atoms with van der Waals surface area (Å²) in [4.78, 5) is 16.5. The van der Waals surface area contributed by atoms with Crippen molar-refractivity contribution in [3.8, 4) is 11.7 Å². The van der Waals surface area contributed by atoms with Gasteiger partial charge in [0.25, 0.3) is 5.89 Å². The number of carbonyl (C=O) groups is 1. The monoisotopic (exact) mass is 306 g/mol. The largest absolute Gasteiger partial charge is 0.459 e. The molecule has 0 bridgehead atoms. The summed E-state index contributed by atoms with van der Waals surface area (Å²) >= 11 is 0. The first-order valence-corrected chi connectivity index (χ1v) is 7.41. The van der Waals surface area contributed by atoms with E-state index in [0.29, 0.717) is 29.5 Å². The lowest BCUT2D eigenvalue weighted by atomic mass is 10.0. The highest BCUT2D eigenvalue weighted by molar-refractivity contribution is 5.78. The van der Waals surface area contributed by atoms with Crippen molar-refractivity contribution in [2.24, 2.45) is 5.92 Å². The van der Waals surface area contributed by atoms with E-state index in [1.807, 2.05) is 13.8 Å².